The Morgan fingerprint density at radius 2 is 1.89 bits per heavy atom. The molecule has 0 radical (unpaired) electrons. The van der Waals surface area contributed by atoms with Gasteiger partial charge in [-0.2, -0.15) is 0 Å². The number of hydrogen-bond donors (Lipinski definition) is 2. The third kappa shape index (κ3) is 5.91. The van der Waals surface area contributed by atoms with Crippen LogP contribution in [0.25, 0.3) is 0 Å². The first-order valence-corrected chi connectivity index (χ1v) is 10.9. The summed E-state index contributed by atoms with van der Waals surface area (Å²) >= 11 is 1.39. The van der Waals surface area contributed by atoms with Gasteiger partial charge >= 0.3 is 0 Å². The average molecular weight is 400 g/mol. The van der Waals surface area contributed by atoms with Gasteiger partial charge in [0.25, 0.3) is 5.91 Å². The molecule has 150 valence electrons. The fraction of sp³-hybridized carbons (Fsp3) is 0.455. The number of thiophene rings is 1. The molecule has 0 bridgehead atoms. The second kappa shape index (κ2) is 10.4. The molecule has 1 aromatic carbocycles. The number of amides is 2. The molecule has 5 nitrogen and oxygen atoms in total. The number of carbonyl (C=O) groups excluding carboxylic acids is 2. The van der Waals surface area contributed by atoms with Gasteiger partial charge < -0.3 is 10.6 Å². The summed E-state index contributed by atoms with van der Waals surface area (Å²) < 4.78 is 0. The van der Waals surface area contributed by atoms with Crippen LogP contribution in [0, 0.1) is 0 Å². The first-order chi connectivity index (χ1) is 13.6. The molecule has 1 fully saturated rings. The third-order valence-electron chi connectivity index (χ3n) is 5.29. The normalized spacial score (nSPS) is 14.8. The van der Waals surface area contributed by atoms with Gasteiger partial charge in [0, 0.05) is 31.2 Å². The molecule has 2 N–H and O–H groups in total. The molecule has 0 atom stereocenters. The molecule has 0 saturated heterocycles. The van der Waals surface area contributed by atoms with Crippen LogP contribution in [-0.2, 0) is 11.3 Å². The molecule has 2 amide bonds. The quantitative estimate of drug-likeness (QED) is 0.697. The summed E-state index contributed by atoms with van der Waals surface area (Å²) in [4.78, 5) is 27.4. The molecule has 1 aromatic heterocycles. The number of nitrogens with one attached hydrogen (secondary N) is 2. The van der Waals surface area contributed by atoms with E-state index in [0.717, 1.165) is 17.8 Å². The van der Waals surface area contributed by atoms with E-state index < -0.39 is 0 Å². The van der Waals surface area contributed by atoms with Gasteiger partial charge in [-0.15, -0.1) is 11.3 Å². The number of hydrogen-bond acceptors (Lipinski definition) is 4. The predicted octanol–water partition coefficient (Wildman–Crippen LogP) is 4.27. The summed E-state index contributed by atoms with van der Waals surface area (Å²) in [6, 6.07) is 12.2. The Morgan fingerprint density at radius 3 is 2.64 bits per heavy atom. The second-order valence-electron chi connectivity index (χ2n) is 7.40. The van der Waals surface area contributed by atoms with E-state index in [9.17, 15) is 9.59 Å². The van der Waals surface area contributed by atoms with E-state index >= 15 is 0 Å². The van der Waals surface area contributed by atoms with Crippen LogP contribution in [-0.4, -0.2) is 36.3 Å². The number of nitrogens with zero attached hydrogens (tertiary/aromatic N) is 1. The predicted molar refractivity (Wildman–Crippen MR) is 115 cm³/mol. The van der Waals surface area contributed by atoms with Crippen LogP contribution in [0.15, 0.2) is 41.8 Å². The molecule has 1 heterocycles. The van der Waals surface area contributed by atoms with Crippen molar-refractivity contribution in [2.45, 2.75) is 51.1 Å². The van der Waals surface area contributed by atoms with Crippen molar-refractivity contribution in [3.63, 3.8) is 0 Å². The largest absolute Gasteiger partial charge is 0.351 e. The second-order valence-corrected chi connectivity index (χ2v) is 8.34. The Balaban J connectivity index is 1.49. The Morgan fingerprint density at radius 1 is 1.11 bits per heavy atom. The highest BCUT2D eigenvalue weighted by molar-refractivity contribution is 7.12. The molecule has 6 heteroatoms. The molecular weight excluding hydrogens is 370 g/mol. The van der Waals surface area contributed by atoms with Crippen LogP contribution in [0.2, 0.25) is 0 Å². The SMILES string of the molecule is CN(Cc1ccccc1NC(=O)CCNC(=O)c1cccs1)C1CCCCC1. The van der Waals surface area contributed by atoms with E-state index in [2.05, 4.69) is 28.6 Å². The van der Waals surface area contributed by atoms with Crippen LogP contribution in [0.5, 0.6) is 0 Å². The van der Waals surface area contributed by atoms with Gasteiger partial charge in [-0.1, -0.05) is 43.5 Å². The fourth-order valence-electron chi connectivity index (χ4n) is 3.70. The first kappa shape index (κ1) is 20.6. The van der Waals surface area contributed by atoms with Gasteiger partial charge in [0.15, 0.2) is 0 Å². The minimum atomic E-state index is -0.127. The van der Waals surface area contributed by atoms with Crippen molar-refractivity contribution in [2.24, 2.45) is 0 Å². The van der Waals surface area contributed by atoms with Crippen molar-refractivity contribution in [2.75, 3.05) is 18.9 Å². The zero-order chi connectivity index (χ0) is 19.8. The molecule has 0 unspecified atom stereocenters. The lowest BCUT2D eigenvalue weighted by molar-refractivity contribution is -0.116. The van der Waals surface area contributed by atoms with Crippen molar-refractivity contribution in [1.82, 2.24) is 10.2 Å². The standard InChI is InChI=1S/C22H29N3O2S/c1-25(18-9-3-2-4-10-18)16-17-8-5-6-11-19(17)24-21(26)13-14-23-22(27)20-12-7-15-28-20/h5-8,11-12,15,18H,2-4,9-10,13-14,16H2,1H3,(H,23,27)(H,24,26). The third-order valence-corrected chi connectivity index (χ3v) is 6.16. The Bertz CT molecular complexity index is 770. The van der Waals surface area contributed by atoms with E-state index in [4.69, 9.17) is 0 Å². The lowest BCUT2D eigenvalue weighted by atomic mass is 9.94. The number of carbonyl (C=O) groups is 2. The molecule has 3 rings (SSSR count). The molecule has 0 aliphatic heterocycles. The van der Waals surface area contributed by atoms with E-state index in [1.807, 2.05) is 29.6 Å². The number of anilines is 1. The highest BCUT2D eigenvalue weighted by Gasteiger charge is 2.19. The van der Waals surface area contributed by atoms with Crippen LogP contribution < -0.4 is 10.6 Å². The van der Waals surface area contributed by atoms with Crippen molar-refractivity contribution < 1.29 is 9.59 Å². The highest BCUT2D eigenvalue weighted by Crippen LogP contribution is 2.25. The average Bonchev–Trinajstić information content (AvgIpc) is 3.25. The summed E-state index contributed by atoms with van der Waals surface area (Å²) in [5, 5.41) is 7.67. The molecule has 0 spiro atoms. The summed E-state index contributed by atoms with van der Waals surface area (Å²) in [5.41, 5.74) is 1.99. The lowest BCUT2D eigenvalue weighted by Crippen LogP contribution is -2.33. The lowest BCUT2D eigenvalue weighted by Gasteiger charge is -2.31. The molecule has 1 aliphatic rings. The van der Waals surface area contributed by atoms with Gasteiger partial charge in [0.1, 0.15) is 0 Å². The zero-order valence-electron chi connectivity index (χ0n) is 16.4. The summed E-state index contributed by atoms with van der Waals surface area (Å²) in [5.74, 6) is -0.212. The van der Waals surface area contributed by atoms with Crippen molar-refractivity contribution >= 4 is 28.8 Å². The number of para-hydroxylation sites is 1. The summed E-state index contributed by atoms with van der Waals surface area (Å²) in [6.07, 6.45) is 6.74. The van der Waals surface area contributed by atoms with Gasteiger partial charge in [-0.25, -0.2) is 0 Å². The van der Waals surface area contributed by atoms with Crippen LogP contribution in [0.4, 0.5) is 5.69 Å². The molecule has 1 aliphatic carbocycles. The van der Waals surface area contributed by atoms with Crippen LogP contribution in [0.1, 0.15) is 53.8 Å². The summed E-state index contributed by atoms with van der Waals surface area (Å²) in [7, 11) is 2.18. The van der Waals surface area contributed by atoms with Crippen molar-refractivity contribution in [3.8, 4) is 0 Å². The maximum absolute atomic E-state index is 12.3. The van der Waals surface area contributed by atoms with Gasteiger partial charge in [-0.05, 0) is 43.0 Å². The van der Waals surface area contributed by atoms with Gasteiger partial charge in [-0.3, -0.25) is 14.5 Å². The minimum absolute atomic E-state index is 0.0840. The summed E-state index contributed by atoms with van der Waals surface area (Å²) in [6.45, 7) is 1.16. The smallest absolute Gasteiger partial charge is 0.261 e. The number of rotatable bonds is 8. The number of benzene rings is 1. The van der Waals surface area contributed by atoms with Crippen LogP contribution in [0.3, 0.4) is 0 Å². The Kier molecular flexibility index (Phi) is 7.62. The Labute approximate surface area is 171 Å². The highest BCUT2D eigenvalue weighted by atomic mass is 32.1. The van der Waals surface area contributed by atoms with E-state index in [1.54, 1.807) is 6.07 Å². The minimum Gasteiger partial charge on any atom is -0.351 e. The van der Waals surface area contributed by atoms with E-state index in [1.165, 1.54) is 43.4 Å². The van der Waals surface area contributed by atoms with E-state index in [0.29, 0.717) is 17.5 Å². The maximum Gasteiger partial charge on any atom is 0.261 e. The topological polar surface area (TPSA) is 61.4 Å². The molecule has 2 aromatic rings. The monoisotopic (exact) mass is 399 g/mol. The molecular formula is C22H29N3O2S. The molecule has 1 saturated carbocycles. The van der Waals surface area contributed by atoms with Crippen molar-refractivity contribution in [1.29, 1.82) is 0 Å². The first-order valence-electron chi connectivity index (χ1n) is 10.0. The zero-order valence-corrected chi connectivity index (χ0v) is 17.3. The van der Waals surface area contributed by atoms with Crippen LogP contribution >= 0.6 is 11.3 Å². The Hall–Kier alpha value is -2.18. The van der Waals surface area contributed by atoms with Gasteiger partial charge in [0.2, 0.25) is 5.91 Å². The maximum atomic E-state index is 12.3. The van der Waals surface area contributed by atoms with Gasteiger partial charge in [0.05, 0.1) is 4.88 Å². The van der Waals surface area contributed by atoms with E-state index in [-0.39, 0.29) is 18.2 Å². The fourth-order valence-corrected chi connectivity index (χ4v) is 4.34. The van der Waals surface area contributed by atoms with Crippen molar-refractivity contribution in [3.05, 3.63) is 52.2 Å². The molecule has 28 heavy (non-hydrogen) atoms.